The zero-order valence-electron chi connectivity index (χ0n) is 7.68. The van der Waals surface area contributed by atoms with E-state index in [-0.39, 0.29) is 22.4 Å². The summed E-state index contributed by atoms with van der Waals surface area (Å²) in [5, 5.41) is 10.3. The third kappa shape index (κ3) is 11.5. The molecule has 0 atom stereocenters. The van der Waals surface area contributed by atoms with Crippen LogP contribution >= 0.6 is 0 Å². The zero-order valence-corrected chi connectivity index (χ0v) is 9.16. The molecule has 0 saturated carbocycles. The smallest absolute Gasteiger partial charge is 0.408 e. The van der Waals surface area contributed by atoms with Gasteiger partial charge in [-0.1, -0.05) is 0 Å². The molecule has 0 aliphatic carbocycles. The number of carboxylic acids is 1. The molecule has 0 spiro atoms. The first-order chi connectivity index (χ1) is 5.31. The molecule has 0 bridgehead atoms. The zero-order chi connectivity index (χ0) is 9.78. The summed E-state index contributed by atoms with van der Waals surface area (Å²) in [7, 11) is 0. The molecule has 0 fully saturated rings. The first-order valence-electron chi connectivity index (χ1n) is 3.50. The van der Waals surface area contributed by atoms with E-state index in [1.54, 1.807) is 20.8 Å². The summed E-state index contributed by atoms with van der Waals surface area (Å²) in [6, 6.07) is 0. The predicted molar refractivity (Wildman–Crippen MR) is 41.9 cm³/mol. The monoisotopic (exact) mass is 282 g/mol. The van der Waals surface area contributed by atoms with Crippen LogP contribution in [-0.2, 0) is 31.9 Å². The summed E-state index contributed by atoms with van der Waals surface area (Å²) < 4.78 is 4.77. The van der Waals surface area contributed by atoms with Crippen LogP contribution in [0.15, 0.2) is 0 Å². The van der Waals surface area contributed by atoms with Crippen molar-refractivity contribution in [2.24, 2.45) is 0 Å². The van der Waals surface area contributed by atoms with Crippen LogP contribution in [0.4, 0.5) is 4.79 Å². The largest absolute Gasteiger partial charge is 0.480 e. The Kier molecular flexibility index (Phi) is 6.93. The van der Waals surface area contributed by atoms with E-state index < -0.39 is 24.2 Å². The Hall–Kier alpha value is -0.520. The third-order valence-electron chi connectivity index (χ3n) is 0.783. The van der Waals surface area contributed by atoms with E-state index in [0.29, 0.717) is 0 Å². The van der Waals surface area contributed by atoms with Gasteiger partial charge in [0.05, 0.1) is 0 Å². The molecule has 81 valence electrons. The van der Waals surface area contributed by atoms with Gasteiger partial charge in [-0.15, -0.1) is 0 Å². The molecule has 0 aromatic rings. The van der Waals surface area contributed by atoms with Gasteiger partial charge in [-0.2, -0.15) is 0 Å². The fourth-order valence-electron chi connectivity index (χ4n) is 0.462. The molecule has 0 heterocycles. The van der Waals surface area contributed by atoms with Gasteiger partial charge >= 0.3 is 12.1 Å². The Labute approximate surface area is 92.3 Å². The van der Waals surface area contributed by atoms with E-state index in [2.05, 4.69) is 5.32 Å². The van der Waals surface area contributed by atoms with Crippen LogP contribution in [0.1, 0.15) is 20.8 Å². The Morgan fingerprint density at radius 1 is 1.38 bits per heavy atom. The van der Waals surface area contributed by atoms with E-state index in [1.165, 1.54) is 0 Å². The summed E-state index contributed by atoms with van der Waals surface area (Å²) >= 11 is 0. The number of aliphatic carboxylic acids is 1. The van der Waals surface area contributed by atoms with Gasteiger partial charge < -0.3 is 15.2 Å². The number of nitrogens with one attached hydrogen (secondary N) is 1. The molecule has 0 saturated heterocycles. The number of carbonyl (C=O) groups excluding carboxylic acids is 1. The number of carboxylic acid groups (broad SMARTS) is 1. The van der Waals surface area contributed by atoms with Crippen molar-refractivity contribution in [2.45, 2.75) is 26.4 Å². The van der Waals surface area contributed by atoms with Crippen molar-refractivity contribution in [2.75, 3.05) is 6.54 Å². The molecular weight excluding hydrogens is 270 g/mol. The van der Waals surface area contributed by atoms with Crippen molar-refractivity contribution in [1.29, 1.82) is 0 Å². The van der Waals surface area contributed by atoms with Crippen molar-refractivity contribution >= 4 is 12.1 Å². The standard InChI is InChI=1S/C7H13NO4.Ag/c1-7(2,3)12-6(11)8-4-5(9)10;/h4H2,1-3H3,(H,8,11)(H,9,10);. The van der Waals surface area contributed by atoms with E-state index in [4.69, 9.17) is 9.84 Å². The van der Waals surface area contributed by atoms with Gasteiger partial charge in [0, 0.05) is 22.4 Å². The number of hydrogen-bond acceptors (Lipinski definition) is 3. The fourth-order valence-corrected chi connectivity index (χ4v) is 0.462. The van der Waals surface area contributed by atoms with Crippen LogP contribution in [0.3, 0.4) is 0 Å². The van der Waals surface area contributed by atoms with E-state index in [9.17, 15) is 9.59 Å². The van der Waals surface area contributed by atoms with Gasteiger partial charge in [0.2, 0.25) is 0 Å². The molecule has 6 heteroatoms. The van der Waals surface area contributed by atoms with Gasteiger partial charge in [-0.25, -0.2) is 4.79 Å². The summed E-state index contributed by atoms with van der Waals surface area (Å²) in [5.41, 5.74) is -0.595. The Morgan fingerprint density at radius 2 is 1.85 bits per heavy atom. The summed E-state index contributed by atoms with van der Waals surface area (Å²) in [4.78, 5) is 20.8. The SMILES string of the molecule is CC(C)(C)OC(=O)NCC(=O)O.[Ag]. The van der Waals surface area contributed by atoms with E-state index in [1.807, 2.05) is 0 Å². The second-order valence-electron chi connectivity index (χ2n) is 3.25. The van der Waals surface area contributed by atoms with Crippen LogP contribution < -0.4 is 5.32 Å². The maximum absolute atomic E-state index is 10.8. The van der Waals surface area contributed by atoms with E-state index >= 15 is 0 Å². The molecule has 0 aromatic carbocycles. The molecule has 0 unspecified atom stereocenters. The average Bonchev–Trinajstić information content (AvgIpc) is 1.79. The summed E-state index contributed by atoms with van der Waals surface area (Å²) in [5.74, 6) is -1.10. The van der Waals surface area contributed by atoms with Gasteiger partial charge in [-0.05, 0) is 20.8 Å². The molecule has 13 heavy (non-hydrogen) atoms. The molecular formula is C7H13AgNO4. The van der Waals surface area contributed by atoms with Gasteiger partial charge in [0.15, 0.2) is 0 Å². The predicted octanol–water partition coefficient (Wildman–Crippen LogP) is 0.593. The molecule has 0 aliphatic heterocycles. The fraction of sp³-hybridized carbons (Fsp3) is 0.714. The van der Waals surface area contributed by atoms with Crippen LogP contribution in [0.2, 0.25) is 0 Å². The van der Waals surface area contributed by atoms with Crippen LogP contribution in [-0.4, -0.2) is 29.3 Å². The first-order valence-corrected chi connectivity index (χ1v) is 3.50. The maximum Gasteiger partial charge on any atom is 0.408 e. The Balaban J connectivity index is 0. The third-order valence-corrected chi connectivity index (χ3v) is 0.783. The molecule has 0 aliphatic rings. The normalized spacial score (nSPS) is 9.77. The van der Waals surface area contributed by atoms with Gasteiger partial charge in [0.25, 0.3) is 0 Å². The molecule has 2 N–H and O–H groups in total. The summed E-state index contributed by atoms with van der Waals surface area (Å²) in [6.07, 6.45) is -0.718. The quantitative estimate of drug-likeness (QED) is 0.727. The maximum atomic E-state index is 10.8. The topological polar surface area (TPSA) is 75.6 Å². The number of carbonyl (C=O) groups is 2. The second-order valence-corrected chi connectivity index (χ2v) is 3.25. The average molecular weight is 283 g/mol. The molecule has 0 aromatic heterocycles. The van der Waals surface area contributed by atoms with Crippen molar-refractivity contribution < 1.29 is 41.8 Å². The second kappa shape index (κ2) is 6.01. The van der Waals surface area contributed by atoms with Crippen molar-refractivity contribution in [3.05, 3.63) is 0 Å². The van der Waals surface area contributed by atoms with Crippen LogP contribution in [0.5, 0.6) is 0 Å². The molecule has 0 rings (SSSR count). The van der Waals surface area contributed by atoms with Crippen molar-refractivity contribution in [3.63, 3.8) is 0 Å². The molecule has 1 amide bonds. The Bertz CT molecular complexity index is 187. The number of ether oxygens (including phenoxy) is 1. The molecule has 5 nitrogen and oxygen atoms in total. The van der Waals surface area contributed by atoms with Gasteiger partial charge in [-0.3, -0.25) is 4.79 Å². The minimum Gasteiger partial charge on any atom is -0.480 e. The number of hydrogen-bond donors (Lipinski definition) is 2. The van der Waals surface area contributed by atoms with Crippen molar-refractivity contribution in [3.8, 4) is 0 Å². The first kappa shape index (κ1) is 15.0. The number of amides is 1. The van der Waals surface area contributed by atoms with Gasteiger partial charge in [0.1, 0.15) is 12.1 Å². The number of alkyl carbamates (subject to hydrolysis) is 1. The van der Waals surface area contributed by atoms with Crippen LogP contribution in [0, 0.1) is 0 Å². The van der Waals surface area contributed by atoms with Crippen molar-refractivity contribution in [1.82, 2.24) is 5.32 Å². The number of rotatable bonds is 2. The summed E-state index contributed by atoms with van der Waals surface area (Å²) in [6.45, 7) is 4.68. The Morgan fingerprint density at radius 3 is 2.15 bits per heavy atom. The van der Waals surface area contributed by atoms with Crippen LogP contribution in [0.25, 0.3) is 0 Å². The minimum absolute atomic E-state index is 0. The minimum atomic E-state index is -1.10. The molecule has 1 radical (unpaired) electrons. The van der Waals surface area contributed by atoms with E-state index in [0.717, 1.165) is 0 Å².